The average molecular weight is 270 g/mol. The van der Waals surface area contributed by atoms with E-state index in [0.29, 0.717) is 0 Å². The second-order valence-corrected chi connectivity index (χ2v) is 3.72. The Hall–Kier alpha value is 0.700. The van der Waals surface area contributed by atoms with Crippen LogP contribution in [0.1, 0.15) is 25.7 Å². The summed E-state index contributed by atoms with van der Waals surface area (Å²) in [5, 5.41) is 2.24. The average Bonchev–Trinajstić information content (AvgIpc) is 1.97. The molecule has 0 N–H and O–H groups in total. The molecule has 0 rings (SSSR count). The first kappa shape index (κ1) is 10.7. The van der Waals surface area contributed by atoms with E-state index < -0.39 is 0 Å². The Kier molecular flexibility index (Phi) is 10.4. The number of hydrogen-bond acceptors (Lipinski definition) is 0. The summed E-state index contributed by atoms with van der Waals surface area (Å²) in [6, 6.07) is 0. The highest BCUT2D eigenvalue weighted by Crippen LogP contribution is 1.99. The van der Waals surface area contributed by atoms with Gasteiger partial charge < -0.3 is 0 Å². The van der Waals surface area contributed by atoms with Gasteiger partial charge >= 0.3 is 0 Å². The monoisotopic (exact) mass is 268 g/mol. The van der Waals surface area contributed by atoms with Gasteiger partial charge in [-0.15, -0.1) is 0 Å². The van der Waals surface area contributed by atoms with Gasteiger partial charge in [-0.2, -0.15) is 0 Å². The number of unbranched alkanes of at least 4 members (excludes halogenated alkanes) is 2. The van der Waals surface area contributed by atoms with Crippen molar-refractivity contribution in [1.29, 1.82) is 0 Å². The quantitative estimate of drug-likeness (QED) is 0.390. The fraction of sp³-hybridized carbons (Fsp3) is 0.750. The van der Waals surface area contributed by atoms with Crippen LogP contribution >= 0.6 is 31.9 Å². The maximum absolute atomic E-state index is 3.39. The number of hydrogen-bond donors (Lipinski definition) is 0. The van der Waals surface area contributed by atoms with Crippen LogP contribution in [-0.2, 0) is 0 Å². The molecule has 0 aliphatic rings. The highest BCUT2D eigenvalue weighted by molar-refractivity contribution is 9.09. The predicted octanol–water partition coefficient (Wildman–Crippen LogP) is 3.89. The molecule has 2 heteroatoms. The van der Waals surface area contributed by atoms with Crippen molar-refractivity contribution in [3.05, 3.63) is 12.2 Å². The summed E-state index contributed by atoms with van der Waals surface area (Å²) >= 11 is 6.78. The van der Waals surface area contributed by atoms with Crippen LogP contribution < -0.4 is 0 Å². The first-order valence-corrected chi connectivity index (χ1v) is 5.93. The lowest BCUT2D eigenvalue weighted by Gasteiger charge is -1.88. The van der Waals surface area contributed by atoms with E-state index in [2.05, 4.69) is 44.0 Å². The molecule has 0 radical (unpaired) electrons. The van der Waals surface area contributed by atoms with E-state index in [1.54, 1.807) is 0 Å². The normalized spacial score (nSPS) is 11.0. The van der Waals surface area contributed by atoms with Gasteiger partial charge in [0.15, 0.2) is 0 Å². The number of rotatable bonds is 6. The molecule has 0 saturated carbocycles. The van der Waals surface area contributed by atoms with E-state index in [1.807, 2.05) is 0 Å². The minimum absolute atomic E-state index is 1.12. The summed E-state index contributed by atoms with van der Waals surface area (Å²) in [4.78, 5) is 0. The molecule has 0 aromatic rings. The molecule has 0 unspecified atom stereocenters. The highest BCUT2D eigenvalue weighted by Gasteiger charge is 1.80. The predicted molar refractivity (Wildman–Crippen MR) is 55.2 cm³/mol. The number of halogens is 2. The topological polar surface area (TPSA) is 0 Å². The van der Waals surface area contributed by atoms with Gasteiger partial charge in [0.25, 0.3) is 0 Å². The lowest BCUT2D eigenvalue weighted by Crippen LogP contribution is -1.72. The van der Waals surface area contributed by atoms with Gasteiger partial charge in [0, 0.05) is 10.7 Å². The van der Waals surface area contributed by atoms with Gasteiger partial charge in [-0.25, -0.2) is 0 Å². The zero-order chi connectivity index (χ0) is 7.66. The molecule has 0 heterocycles. The molecule has 60 valence electrons. The van der Waals surface area contributed by atoms with E-state index >= 15 is 0 Å². The van der Waals surface area contributed by atoms with Crippen LogP contribution in [0.2, 0.25) is 0 Å². The van der Waals surface area contributed by atoms with Crippen LogP contribution in [0.5, 0.6) is 0 Å². The third-order valence-corrected chi connectivity index (χ3v) is 2.30. The van der Waals surface area contributed by atoms with Crippen molar-refractivity contribution < 1.29 is 0 Å². The maximum Gasteiger partial charge on any atom is 0.00342 e. The molecular formula is C8H14Br2. The lowest BCUT2D eigenvalue weighted by molar-refractivity contribution is 0.940. The smallest absolute Gasteiger partial charge is 0.00342 e. The van der Waals surface area contributed by atoms with Crippen molar-refractivity contribution in [2.45, 2.75) is 25.7 Å². The van der Waals surface area contributed by atoms with Crippen molar-refractivity contribution >= 4 is 31.9 Å². The van der Waals surface area contributed by atoms with Crippen LogP contribution in [0.3, 0.4) is 0 Å². The van der Waals surface area contributed by atoms with Crippen LogP contribution in [0.4, 0.5) is 0 Å². The highest BCUT2D eigenvalue weighted by atomic mass is 79.9. The first-order chi connectivity index (χ1) is 4.91. The minimum Gasteiger partial charge on any atom is -0.0928 e. The summed E-state index contributed by atoms with van der Waals surface area (Å²) in [6.45, 7) is 0. The molecule has 0 saturated heterocycles. The van der Waals surface area contributed by atoms with Crippen molar-refractivity contribution in [3.8, 4) is 0 Å². The Morgan fingerprint density at radius 3 is 1.50 bits per heavy atom. The van der Waals surface area contributed by atoms with E-state index in [0.717, 1.165) is 10.7 Å². The molecule has 0 aromatic carbocycles. The second kappa shape index (κ2) is 9.70. The van der Waals surface area contributed by atoms with E-state index in [9.17, 15) is 0 Å². The fourth-order valence-corrected chi connectivity index (χ4v) is 1.27. The van der Waals surface area contributed by atoms with E-state index in [-0.39, 0.29) is 0 Å². The zero-order valence-corrected chi connectivity index (χ0v) is 9.33. The van der Waals surface area contributed by atoms with Crippen molar-refractivity contribution in [2.75, 3.05) is 10.7 Å². The van der Waals surface area contributed by atoms with Gasteiger partial charge in [0.2, 0.25) is 0 Å². The molecule has 0 aromatic heterocycles. The maximum atomic E-state index is 3.39. The zero-order valence-electron chi connectivity index (χ0n) is 6.15. The number of alkyl halides is 2. The van der Waals surface area contributed by atoms with Crippen LogP contribution in [0, 0.1) is 0 Å². The largest absolute Gasteiger partial charge is 0.0928 e. The van der Waals surface area contributed by atoms with Crippen molar-refractivity contribution in [3.63, 3.8) is 0 Å². The van der Waals surface area contributed by atoms with Gasteiger partial charge in [-0.1, -0.05) is 44.0 Å². The summed E-state index contributed by atoms with van der Waals surface area (Å²) in [5.74, 6) is 0. The summed E-state index contributed by atoms with van der Waals surface area (Å²) in [5.41, 5.74) is 0. The molecule has 10 heavy (non-hydrogen) atoms. The molecule has 0 fully saturated rings. The van der Waals surface area contributed by atoms with Crippen molar-refractivity contribution in [2.24, 2.45) is 0 Å². The molecule has 0 bridgehead atoms. The minimum atomic E-state index is 1.12. The van der Waals surface area contributed by atoms with E-state index in [1.165, 1.54) is 25.7 Å². The second-order valence-electron chi connectivity index (χ2n) is 2.13. The van der Waals surface area contributed by atoms with Crippen LogP contribution in [0.15, 0.2) is 12.2 Å². The van der Waals surface area contributed by atoms with Gasteiger partial charge in [-0.3, -0.25) is 0 Å². The molecule has 0 nitrogen and oxygen atoms in total. The summed E-state index contributed by atoms with van der Waals surface area (Å²) < 4.78 is 0. The van der Waals surface area contributed by atoms with Gasteiger partial charge in [0.1, 0.15) is 0 Å². The SMILES string of the molecule is BrCCC/C=C/CCCBr. The molecular weight excluding hydrogens is 256 g/mol. The Labute approximate surface area is 80.3 Å². The standard InChI is InChI=1S/C8H14Br2/c9-7-5-3-1-2-4-6-8-10/h1-2H,3-8H2/b2-1+. The molecule has 0 spiro atoms. The molecule has 0 atom stereocenters. The Morgan fingerprint density at radius 2 is 1.20 bits per heavy atom. The third-order valence-electron chi connectivity index (χ3n) is 1.18. The first-order valence-electron chi connectivity index (χ1n) is 3.68. The Balaban J connectivity index is 2.89. The van der Waals surface area contributed by atoms with Crippen LogP contribution in [0.25, 0.3) is 0 Å². The van der Waals surface area contributed by atoms with Gasteiger partial charge in [-0.05, 0) is 25.7 Å². The molecule has 0 aliphatic carbocycles. The van der Waals surface area contributed by atoms with Crippen LogP contribution in [-0.4, -0.2) is 10.7 Å². The third kappa shape index (κ3) is 8.70. The fourth-order valence-electron chi connectivity index (χ4n) is 0.626. The Morgan fingerprint density at radius 1 is 0.800 bits per heavy atom. The number of allylic oxidation sites excluding steroid dienone is 2. The van der Waals surface area contributed by atoms with Gasteiger partial charge in [0.05, 0.1) is 0 Å². The Bertz CT molecular complexity index is 69.3. The lowest BCUT2D eigenvalue weighted by atomic mass is 10.2. The summed E-state index contributed by atoms with van der Waals surface area (Å²) in [6.07, 6.45) is 9.48. The molecule has 0 amide bonds. The molecule has 0 aliphatic heterocycles. The summed E-state index contributed by atoms with van der Waals surface area (Å²) in [7, 11) is 0. The van der Waals surface area contributed by atoms with E-state index in [4.69, 9.17) is 0 Å². The van der Waals surface area contributed by atoms with Crippen molar-refractivity contribution in [1.82, 2.24) is 0 Å².